The Bertz CT molecular complexity index is 254. The summed E-state index contributed by atoms with van der Waals surface area (Å²) in [4.78, 5) is 10.8. The highest BCUT2D eigenvalue weighted by Crippen LogP contribution is 2.33. The zero-order chi connectivity index (χ0) is 9.57. The Labute approximate surface area is 66.6 Å². The van der Waals surface area contributed by atoms with E-state index in [0.29, 0.717) is 0 Å². The fourth-order valence-corrected chi connectivity index (χ4v) is 0.911. The standard InChI is InChI=1S/C6H7F3N2O/c1-5(2)3(6(7,8)9)10-11-4(5)12/h1-2H3,(H,11,12). The Kier molecular flexibility index (Phi) is 1.66. The summed E-state index contributed by atoms with van der Waals surface area (Å²) in [6, 6.07) is 0. The van der Waals surface area contributed by atoms with Gasteiger partial charge in [-0.05, 0) is 13.8 Å². The smallest absolute Gasteiger partial charge is 0.272 e. The quantitative estimate of drug-likeness (QED) is 0.595. The lowest BCUT2D eigenvalue weighted by atomic mass is 9.87. The third-order valence-electron chi connectivity index (χ3n) is 1.70. The number of carbonyl (C=O) groups excluding carboxylic acids is 1. The number of hydrogen-bond donors (Lipinski definition) is 1. The van der Waals surface area contributed by atoms with Crippen LogP contribution in [0.15, 0.2) is 5.10 Å². The van der Waals surface area contributed by atoms with Crippen molar-refractivity contribution >= 4 is 11.6 Å². The molecule has 0 aliphatic carbocycles. The van der Waals surface area contributed by atoms with E-state index in [1.54, 1.807) is 5.43 Å². The zero-order valence-corrected chi connectivity index (χ0v) is 6.49. The van der Waals surface area contributed by atoms with Gasteiger partial charge in [-0.25, -0.2) is 5.43 Å². The minimum atomic E-state index is -4.54. The van der Waals surface area contributed by atoms with Gasteiger partial charge in [0.1, 0.15) is 0 Å². The van der Waals surface area contributed by atoms with Gasteiger partial charge in [-0.3, -0.25) is 4.79 Å². The normalized spacial score (nSPS) is 22.1. The number of hydrogen-bond acceptors (Lipinski definition) is 2. The van der Waals surface area contributed by atoms with Crippen molar-refractivity contribution in [1.29, 1.82) is 0 Å². The highest BCUT2D eigenvalue weighted by molar-refractivity contribution is 6.13. The molecule has 1 heterocycles. The predicted molar refractivity (Wildman–Crippen MR) is 35.4 cm³/mol. The van der Waals surface area contributed by atoms with E-state index in [9.17, 15) is 18.0 Å². The van der Waals surface area contributed by atoms with Crippen LogP contribution in [0.1, 0.15) is 13.8 Å². The average Bonchev–Trinajstić information content (AvgIpc) is 2.06. The van der Waals surface area contributed by atoms with Crippen molar-refractivity contribution in [2.75, 3.05) is 0 Å². The topological polar surface area (TPSA) is 41.5 Å². The number of carbonyl (C=O) groups is 1. The monoisotopic (exact) mass is 180 g/mol. The van der Waals surface area contributed by atoms with Crippen molar-refractivity contribution in [2.24, 2.45) is 10.5 Å². The second-order valence-electron chi connectivity index (χ2n) is 3.02. The number of nitrogens with one attached hydrogen (secondary N) is 1. The van der Waals surface area contributed by atoms with Crippen molar-refractivity contribution in [3.8, 4) is 0 Å². The highest BCUT2D eigenvalue weighted by Gasteiger charge is 2.52. The Balaban J connectivity index is 3.03. The maximum absolute atomic E-state index is 12.1. The van der Waals surface area contributed by atoms with Crippen LogP contribution < -0.4 is 5.43 Å². The first-order chi connectivity index (χ1) is 5.26. The largest absolute Gasteiger partial charge is 0.432 e. The second kappa shape index (κ2) is 2.21. The Morgan fingerprint density at radius 1 is 1.42 bits per heavy atom. The molecule has 1 amide bonds. The maximum Gasteiger partial charge on any atom is 0.432 e. The van der Waals surface area contributed by atoms with Gasteiger partial charge in [-0.15, -0.1) is 0 Å². The molecule has 0 saturated heterocycles. The summed E-state index contributed by atoms with van der Waals surface area (Å²) in [6.45, 7) is 2.36. The van der Waals surface area contributed by atoms with E-state index >= 15 is 0 Å². The number of hydrazone groups is 1. The van der Waals surface area contributed by atoms with E-state index in [4.69, 9.17) is 0 Å². The predicted octanol–water partition coefficient (Wildman–Crippen LogP) is 1.06. The third kappa shape index (κ3) is 1.17. The molecule has 0 bridgehead atoms. The molecule has 0 atom stereocenters. The van der Waals surface area contributed by atoms with E-state index in [1.807, 2.05) is 0 Å². The number of alkyl halides is 3. The minimum Gasteiger partial charge on any atom is -0.272 e. The number of halogens is 3. The lowest BCUT2D eigenvalue weighted by molar-refractivity contribution is -0.126. The molecule has 68 valence electrons. The van der Waals surface area contributed by atoms with Crippen molar-refractivity contribution in [3.63, 3.8) is 0 Å². The van der Waals surface area contributed by atoms with E-state index in [2.05, 4.69) is 5.10 Å². The van der Waals surface area contributed by atoms with Gasteiger partial charge in [-0.2, -0.15) is 18.3 Å². The van der Waals surface area contributed by atoms with Crippen LogP contribution in [0.2, 0.25) is 0 Å². The summed E-state index contributed by atoms with van der Waals surface area (Å²) in [5.74, 6) is -0.727. The maximum atomic E-state index is 12.1. The molecular formula is C6H7F3N2O. The molecule has 1 aliphatic rings. The van der Waals surface area contributed by atoms with E-state index in [0.717, 1.165) is 0 Å². The molecule has 0 aromatic rings. The van der Waals surface area contributed by atoms with Gasteiger partial charge in [0.25, 0.3) is 5.91 Å². The molecule has 0 aromatic heterocycles. The third-order valence-corrected chi connectivity index (χ3v) is 1.70. The molecule has 1 N–H and O–H groups in total. The molecule has 1 aliphatic heterocycles. The molecule has 1 rings (SSSR count). The number of amides is 1. The summed E-state index contributed by atoms with van der Waals surface area (Å²) in [5, 5.41) is 2.93. The van der Waals surface area contributed by atoms with Gasteiger partial charge in [-0.1, -0.05) is 0 Å². The first kappa shape index (κ1) is 9.02. The van der Waals surface area contributed by atoms with E-state index in [-0.39, 0.29) is 0 Å². The molecule has 12 heavy (non-hydrogen) atoms. The van der Waals surface area contributed by atoms with Crippen molar-refractivity contribution < 1.29 is 18.0 Å². The van der Waals surface area contributed by atoms with Crippen LogP contribution in [0.4, 0.5) is 13.2 Å². The SMILES string of the molecule is CC1(C)C(=O)NN=C1C(F)(F)F. The van der Waals surface area contributed by atoms with Gasteiger partial charge in [0.05, 0.1) is 5.41 Å². The van der Waals surface area contributed by atoms with Crippen LogP contribution in [0.5, 0.6) is 0 Å². The summed E-state index contributed by atoms with van der Waals surface area (Å²) < 4.78 is 36.3. The van der Waals surface area contributed by atoms with Gasteiger partial charge < -0.3 is 0 Å². The molecule has 0 fully saturated rings. The van der Waals surface area contributed by atoms with Gasteiger partial charge in [0, 0.05) is 0 Å². The summed E-state index contributed by atoms with van der Waals surface area (Å²) >= 11 is 0. The summed E-state index contributed by atoms with van der Waals surface area (Å²) in [6.07, 6.45) is -4.54. The molecule has 0 saturated carbocycles. The Morgan fingerprint density at radius 3 is 2.08 bits per heavy atom. The highest BCUT2D eigenvalue weighted by atomic mass is 19.4. The fourth-order valence-electron chi connectivity index (χ4n) is 0.911. The van der Waals surface area contributed by atoms with Crippen LogP contribution in [0.25, 0.3) is 0 Å². The van der Waals surface area contributed by atoms with Gasteiger partial charge in [0.2, 0.25) is 0 Å². The second-order valence-corrected chi connectivity index (χ2v) is 3.02. The lowest BCUT2D eigenvalue weighted by Gasteiger charge is -2.18. The van der Waals surface area contributed by atoms with Gasteiger partial charge >= 0.3 is 6.18 Å². The molecule has 0 aromatic carbocycles. The van der Waals surface area contributed by atoms with Crippen LogP contribution in [0, 0.1) is 5.41 Å². The lowest BCUT2D eigenvalue weighted by Crippen LogP contribution is -2.39. The molecule has 0 radical (unpaired) electrons. The van der Waals surface area contributed by atoms with Gasteiger partial charge in [0.15, 0.2) is 5.71 Å². The number of rotatable bonds is 0. The number of nitrogens with zero attached hydrogens (tertiary/aromatic N) is 1. The van der Waals surface area contributed by atoms with Crippen LogP contribution in [-0.4, -0.2) is 17.8 Å². The summed E-state index contributed by atoms with van der Waals surface area (Å²) in [7, 11) is 0. The molecule has 0 unspecified atom stereocenters. The van der Waals surface area contributed by atoms with Crippen LogP contribution in [-0.2, 0) is 4.79 Å². The molecule has 6 heteroatoms. The Hall–Kier alpha value is -1.07. The van der Waals surface area contributed by atoms with E-state index in [1.165, 1.54) is 13.8 Å². The molecular weight excluding hydrogens is 173 g/mol. The fraction of sp³-hybridized carbons (Fsp3) is 0.667. The van der Waals surface area contributed by atoms with Crippen molar-refractivity contribution in [2.45, 2.75) is 20.0 Å². The van der Waals surface area contributed by atoms with Crippen molar-refractivity contribution in [3.05, 3.63) is 0 Å². The molecule has 3 nitrogen and oxygen atoms in total. The summed E-state index contributed by atoms with van der Waals surface area (Å²) in [5.41, 5.74) is -0.845. The van der Waals surface area contributed by atoms with E-state index < -0.39 is 23.2 Å². The first-order valence-corrected chi connectivity index (χ1v) is 3.22. The molecule has 0 spiro atoms. The minimum absolute atomic E-state index is 0.727. The first-order valence-electron chi connectivity index (χ1n) is 3.22. The van der Waals surface area contributed by atoms with Crippen LogP contribution >= 0.6 is 0 Å². The average molecular weight is 180 g/mol. The van der Waals surface area contributed by atoms with Crippen LogP contribution in [0.3, 0.4) is 0 Å². The Morgan fingerprint density at radius 2 is 1.92 bits per heavy atom. The van der Waals surface area contributed by atoms with Crippen molar-refractivity contribution in [1.82, 2.24) is 5.43 Å². The zero-order valence-electron chi connectivity index (χ0n) is 6.49.